The topological polar surface area (TPSA) is 41.6 Å². The first-order chi connectivity index (χ1) is 6.25. The summed E-state index contributed by atoms with van der Waals surface area (Å²) in [7, 11) is 0. The van der Waals surface area contributed by atoms with E-state index in [0.29, 0.717) is 6.54 Å². The molecule has 4 heteroatoms. The Hall–Kier alpha value is -0.870. The maximum absolute atomic E-state index is 11.4. The summed E-state index contributed by atoms with van der Waals surface area (Å²) in [6, 6.07) is 3.80. The van der Waals surface area contributed by atoms with Gasteiger partial charge in [-0.25, -0.2) is 0 Å². The average Bonchev–Trinajstić information content (AvgIpc) is 2.84. The SMILES string of the molecule is Cc1ccc(C(=O)NC[C@@H]2CO2)s1. The van der Waals surface area contributed by atoms with Crippen molar-refractivity contribution in [3.8, 4) is 0 Å². The summed E-state index contributed by atoms with van der Waals surface area (Å²) in [5.41, 5.74) is 0. The second-order valence-electron chi connectivity index (χ2n) is 3.08. The van der Waals surface area contributed by atoms with Gasteiger partial charge in [0.15, 0.2) is 0 Å². The van der Waals surface area contributed by atoms with Crippen LogP contribution in [-0.4, -0.2) is 25.2 Å². The smallest absolute Gasteiger partial charge is 0.261 e. The molecule has 0 aromatic carbocycles. The normalized spacial score (nSPS) is 19.9. The summed E-state index contributed by atoms with van der Waals surface area (Å²) in [5.74, 6) is 0.00796. The Morgan fingerprint density at radius 2 is 2.54 bits per heavy atom. The fourth-order valence-corrected chi connectivity index (χ4v) is 1.82. The van der Waals surface area contributed by atoms with Crippen LogP contribution in [-0.2, 0) is 4.74 Å². The van der Waals surface area contributed by atoms with Crippen molar-refractivity contribution in [3.05, 3.63) is 21.9 Å². The molecule has 0 unspecified atom stereocenters. The summed E-state index contributed by atoms with van der Waals surface area (Å²) in [5, 5.41) is 2.82. The van der Waals surface area contributed by atoms with Crippen molar-refractivity contribution in [1.82, 2.24) is 5.32 Å². The Morgan fingerprint density at radius 1 is 1.77 bits per heavy atom. The van der Waals surface area contributed by atoms with E-state index in [9.17, 15) is 4.79 Å². The van der Waals surface area contributed by atoms with Gasteiger partial charge in [0.25, 0.3) is 5.91 Å². The van der Waals surface area contributed by atoms with Crippen LogP contribution in [0.3, 0.4) is 0 Å². The van der Waals surface area contributed by atoms with Crippen LogP contribution in [0.25, 0.3) is 0 Å². The van der Waals surface area contributed by atoms with E-state index in [1.165, 1.54) is 11.3 Å². The molecule has 0 spiro atoms. The second kappa shape index (κ2) is 3.47. The van der Waals surface area contributed by atoms with E-state index in [1.54, 1.807) is 0 Å². The summed E-state index contributed by atoms with van der Waals surface area (Å²) >= 11 is 1.52. The van der Waals surface area contributed by atoms with Crippen LogP contribution in [0.5, 0.6) is 0 Å². The molecule has 0 aliphatic carbocycles. The van der Waals surface area contributed by atoms with Crippen molar-refractivity contribution in [3.63, 3.8) is 0 Å². The summed E-state index contributed by atoms with van der Waals surface area (Å²) in [6.45, 7) is 3.41. The molecule has 1 N–H and O–H groups in total. The van der Waals surface area contributed by atoms with E-state index >= 15 is 0 Å². The molecule has 13 heavy (non-hydrogen) atoms. The Morgan fingerprint density at radius 3 is 3.08 bits per heavy atom. The number of epoxide rings is 1. The maximum Gasteiger partial charge on any atom is 0.261 e. The van der Waals surface area contributed by atoms with Gasteiger partial charge < -0.3 is 10.1 Å². The third kappa shape index (κ3) is 2.29. The maximum atomic E-state index is 11.4. The van der Waals surface area contributed by atoms with Crippen molar-refractivity contribution in [2.45, 2.75) is 13.0 Å². The van der Waals surface area contributed by atoms with Crippen LogP contribution < -0.4 is 5.32 Å². The first kappa shape index (κ1) is 8.72. The molecule has 0 saturated carbocycles. The van der Waals surface area contributed by atoms with E-state index in [1.807, 2.05) is 19.1 Å². The fraction of sp³-hybridized carbons (Fsp3) is 0.444. The van der Waals surface area contributed by atoms with Crippen LogP contribution in [0, 0.1) is 6.92 Å². The minimum absolute atomic E-state index is 0.00796. The van der Waals surface area contributed by atoms with Crippen LogP contribution in [0.4, 0.5) is 0 Å². The van der Waals surface area contributed by atoms with E-state index in [2.05, 4.69) is 5.32 Å². The minimum Gasteiger partial charge on any atom is -0.371 e. The Bertz CT molecular complexity index is 317. The average molecular weight is 197 g/mol. The molecule has 1 aromatic heterocycles. The predicted molar refractivity (Wildman–Crippen MR) is 51.1 cm³/mol. The molecule has 70 valence electrons. The van der Waals surface area contributed by atoms with Crippen molar-refractivity contribution < 1.29 is 9.53 Å². The lowest BCUT2D eigenvalue weighted by molar-refractivity contribution is 0.0954. The van der Waals surface area contributed by atoms with Gasteiger partial charge in [-0.3, -0.25) is 4.79 Å². The number of carbonyl (C=O) groups is 1. The molecule has 0 radical (unpaired) electrons. The van der Waals surface area contributed by atoms with E-state index in [-0.39, 0.29) is 12.0 Å². The number of nitrogens with one attached hydrogen (secondary N) is 1. The molecule has 1 amide bonds. The van der Waals surface area contributed by atoms with Crippen LogP contribution in [0.1, 0.15) is 14.5 Å². The first-order valence-electron chi connectivity index (χ1n) is 4.22. The standard InChI is InChI=1S/C9H11NO2S/c1-6-2-3-8(13-6)9(11)10-4-7-5-12-7/h2-3,7H,4-5H2,1H3,(H,10,11)/t7-/m1/s1. The number of amides is 1. The summed E-state index contributed by atoms with van der Waals surface area (Å²) < 4.78 is 4.99. The van der Waals surface area contributed by atoms with Crippen molar-refractivity contribution in [1.29, 1.82) is 0 Å². The molecule has 2 rings (SSSR count). The Balaban J connectivity index is 1.88. The number of hydrogen-bond donors (Lipinski definition) is 1. The largest absolute Gasteiger partial charge is 0.371 e. The van der Waals surface area contributed by atoms with Crippen LogP contribution in [0.2, 0.25) is 0 Å². The summed E-state index contributed by atoms with van der Waals surface area (Å²) in [4.78, 5) is 13.4. The molecule has 1 saturated heterocycles. The van der Waals surface area contributed by atoms with Gasteiger partial charge >= 0.3 is 0 Å². The molecule has 1 aliphatic heterocycles. The zero-order valence-corrected chi connectivity index (χ0v) is 8.19. The lowest BCUT2D eigenvalue weighted by atomic mass is 10.4. The lowest BCUT2D eigenvalue weighted by Crippen LogP contribution is -2.26. The monoisotopic (exact) mass is 197 g/mol. The number of hydrogen-bond acceptors (Lipinski definition) is 3. The minimum atomic E-state index is 0.00796. The van der Waals surface area contributed by atoms with Crippen molar-refractivity contribution >= 4 is 17.2 Å². The van der Waals surface area contributed by atoms with Crippen molar-refractivity contribution in [2.24, 2.45) is 0 Å². The van der Waals surface area contributed by atoms with Gasteiger partial charge in [-0.2, -0.15) is 0 Å². The summed E-state index contributed by atoms with van der Waals surface area (Å²) in [6.07, 6.45) is 0.255. The highest BCUT2D eigenvalue weighted by atomic mass is 32.1. The molecule has 2 heterocycles. The second-order valence-corrected chi connectivity index (χ2v) is 4.36. The highest BCUT2D eigenvalue weighted by Gasteiger charge is 2.23. The van der Waals surface area contributed by atoms with Gasteiger partial charge in [-0.15, -0.1) is 11.3 Å². The van der Waals surface area contributed by atoms with E-state index in [0.717, 1.165) is 16.4 Å². The molecule has 0 bridgehead atoms. The van der Waals surface area contributed by atoms with Gasteiger partial charge in [0.2, 0.25) is 0 Å². The van der Waals surface area contributed by atoms with Gasteiger partial charge in [-0.1, -0.05) is 0 Å². The molecule has 1 aliphatic rings. The molecule has 1 atom stereocenters. The highest BCUT2D eigenvalue weighted by Crippen LogP contribution is 2.15. The van der Waals surface area contributed by atoms with E-state index in [4.69, 9.17) is 4.74 Å². The Kier molecular flexibility index (Phi) is 2.33. The highest BCUT2D eigenvalue weighted by molar-refractivity contribution is 7.13. The number of aryl methyl sites for hydroxylation is 1. The number of rotatable bonds is 3. The van der Waals surface area contributed by atoms with Gasteiger partial charge in [-0.05, 0) is 19.1 Å². The lowest BCUT2D eigenvalue weighted by Gasteiger charge is -1.98. The van der Waals surface area contributed by atoms with Gasteiger partial charge in [0.05, 0.1) is 17.6 Å². The zero-order chi connectivity index (χ0) is 9.26. The quantitative estimate of drug-likeness (QED) is 0.739. The molecule has 1 aromatic rings. The van der Waals surface area contributed by atoms with Gasteiger partial charge in [0.1, 0.15) is 0 Å². The van der Waals surface area contributed by atoms with Crippen LogP contribution in [0.15, 0.2) is 12.1 Å². The number of ether oxygens (including phenoxy) is 1. The molecule has 3 nitrogen and oxygen atoms in total. The third-order valence-corrected chi connectivity index (χ3v) is 2.86. The molecular formula is C9H11NO2S. The van der Waals surface area contributed by atoms with Gasteiger partial charge in [0, 0.05) is 11.4 Å². The zero-order valence-electron chi connectivity index (χ0n) is 7.37. The first-order valence-corrected chi connectivity index (χ1v) is 5.03. The predicted octanol–water partition coefficient (Wildman–Crippen LogP) is 1.19. The van der Waals surface area contributed by atoms with Crippen LogP contribution >= 0.6 is 11.3 Å². The number of carbonyl (C=O) groups excluding carboxylic acids is 1. The molecule has 1 fully saturated rings. The number of thiophene rings is 1. The molecular weight excluding hydrogens is 186 g/mol. The van der Waals surface area contributed by atoms with Crippen molar-refractivity contribution in [2.75, 3.05) is 13.2 Å². The van der Waals surface area contributed by atoms with E-state index < -0.39 is 0 Å². The third-order valence-electron chi connectivity index (χ3n) is 1.86. The Labute approximate surface area is 80.7 Å². The fourth-order valence-electron chi connectivity index (χ4n) is 1.04.